The van der Waals surface area contributed by atoms with Crippen molar-refractivity contribution in [1.82, 2.24) is 4.90 Å². The molecule has 3 saturated heterocycles. The van der Waals surface area contributed by atoms with Crippen molar-refractivity contribution in [2.45, 2.75) is 82.6 Å². The van der Waals surface area contributed by atoms with Crippen LogP contribution in [-0.2, 0) is 19.9 Å². The van der Waals surface area contributed by atoms with E-state index < -0.39 is 40.5 Å². The molecule has 8 nitrogen and oxygen atoms in total. The predicted octanol–water partition coefficient (Wildman–Crippen LogP) is 3.62. The molecule has 1 aromatic carbocycles. The molecule has 2 aliphatic carbocycles. The van der Waals surface area contributed by atoms with Gasteiger partial charge >= 0.3 is 5.97 Å². The number of nitrogens with one attached hydrogen (secondary N) is 1. The molecule has 1 amide bonds. The van der Waals surface area contributed by atoms with Gasteiger partial charge in [-0.2, -0.15) is 0 Å². The first-order chi connectivity index (χ1) is 19.5. The Hall–Kier alpha value is -1.97. The van der Waals surface area contributed by atoms with Crippen LogP contribution in [0.15, 0.2) is 30.4 Å². The van der Waals surface area contributed by atoms with Gasteiger partial charge in [-0.05, 0) is 86.9 Å². The molecule has 0 bridgehead atoms. The number of hydrogen-bond donors (Lipinski definition) is 4. The number of halogens is 1. The number of benzene rings is 1. The first-order valence-corrected chi connectivity index (χ1v) is 15.5. The number of allylic oxidation sites excluding steroid dienone is 1. The number of anilines is 1. The van der Waals surface area contributed by atoms with Gasteiger partial charge in [-0.15, -0.1) is 0 Å². The summed E-state index contributed by atoms with van der Waals surface area (Å²) in [4.78, 5) is 30.6. The van der Waals surface area contributed by atoms with Gasteiger partial charge in [0.2, 0.25) is 5.91 Å². The number of rotatable bonds is 3. The van der Waals surface area contributed by atoms with Gasteiger partial charge in [-0.25, -0.2) is 0 Å². The Morgan fingerprint density at radius 3 is 2.66 bits per heavy atom. The van der Waals surface area contributed by atoms with Crippen LogP contribution in [0.3, 0.4) is 0 Å². The van der Waals surface area contributed by atoms with E-state index in [4.69, 9.17) is 16.3 Å². The zero-order valence-corrected chi connectivity index (χ0v) is 24.6. The smallest absolute Gasteiger partial charge is 0.316 e. The maximum Gasteiger partial charge on any atom is 0.316 e. The molecule has 10 atom stereocenters. The van der Waals surface area contributed by atoms with Crippen molar-refractivity contribution in [2.24, 2.45) is 34.0 Å². The van der Waals surface area contributed by atoms with Crippen LogP contribution in [0, 0.1) is 34.0 Å². The monoisotopic (exact) mass is 584 g/mol. The van der Waals surface area contributed by atoms with Gasteiger partial charge in [0.1, 0.15) is 23.7 Å². The topological polar surface area (TPSA) is 119 Å². The van der Waals surface area contributed by atoms with Gasteiger partial charge in [-0.1, -0.05) is 37.6 Å². The summed E-state index contributed by atoms with van der Waals surface area (Å²) in [6.45, 7) is 9.21. The Bertz CT molecular complexity index is 1340. The van der Waals surface area contributed by atoms with E-state index >= 15 is 0 Å². The molecule has 0 aromatic heterocycles. The third-order valence-corrected chi connectivity index (χ3v) is 13.0. The molecular weight excluding hydrogens is 544 g/mol. The maximum atomic E-state index is 14.4. The Labute approximate surface area is 246 Å². The van der Waals surface area contributed by atoms with Crippen LogP contribution < -0.4 is 5.32 Å². The minimum absolute atomic E-state index is 0.0342. The molecule has 1 aromatic rings. The van der Waals surface area contributed by atoms with E-state index in [2.05, 4.69) is 23.7 Å². The maximum absolute atomic E-state index is 14.4. The zero-order chi connectivity index (χ0) is 29.1. The Morgan fingerprint density at radius 1 is 1.17 bits per heavy atom. The molecule has 7 rings (SSSR count). The molecule has 5 fully saturated rings. The normalized spacial score (nSPS) is 47.0. The van der Waals surface area contributed by atoms with Crippen LogP contribution >= 0.6 is 11.6 Å². The number of nitrogens with zero attached hydrogens (tertiary/aromatic N) is 1. The third-order valence-electron chi connectivity index (χ3n) is 12.8. The Balaban J connectivity index is 1.43. The standard InChI is InChI=1S/C32H41ClN2O6/c1-17-6-9-22-29(2,11-10-25(37)30(22,3)16-36)19(17)14-23-31(26(38)15-41-28(31)40)24-5-4-12-35(24)32(23)20-13-18(33)7-8-21(20)34-27(32)39/h7-8,13,19,22-26,36-38H,1,4-6,9-12,14-16H2,2-3H3,(H,34,39)/t19-,22+,23?,24?,25-,26-,29-,30+,31-,32+/m1/s1. The summed E-state index contributed by atoms with van der Waals surface area (Å²) >= 11 is 6.56. The van der Waals surface area contributed by atoms with Crippen LogP contribution in [0.1, 0.15) is 64.4 Å². The number of aliphatic hydroxyl groups is 3. The van der Waals surface area contributed by atoms with Crippen molar-refractivity contribution < 1.29 is 29.6 Å². The van der Waals surface area contributed by atoms with E-state index in [0.717, 1.165) is 36.8 Å². The van der Waals surface area contributed by atoms with Crippen LogP contribution in [0.2, 0.25) is 5.02 Å². The number of cyclic esters (lactones) is 1. The summed E-state index contributed by atoms with van der Waals surface area (Å²) in [5.74, 6) is -1.25. The summed E-state index contributed by atoms with van der Waals surface area (Å²) in [7, 11) is 0. The van der Waals surface area contributed by atoms with Gasteiger partial charge in [0.25, 0.3) is 0 Å². The SMILES string of the molecule is C=C1CC[C@@H]2[C@](C)(CO)[C@H](O)CC[C@]2(C)[C@@H]1CC1[C@@]2(C(=O)OC[C@H]2O)C2CCCN2[C@]12C(=O)Nc1ccc(Cl)cc12. The van der Waals surface area contributed by atoms with E-state index in [0.29, 0.717) is 36.5 Å². The highest BCUT2D eigenvalue weighted by molar-refractivity contribution is 6.31. The van der Waals surface area contributed by atoms with Crippen molar-refractivity contribution in [2.75, 3.05) is 25.1 Å². The fourth-order valence-electron chi connectivity index (χ4n) is 10.9. The van der Waals surface area contributed by atoms with E-state index in [-0.39, 0.29) is 42.4 Å². The number of esters is 1. The van der Waals surface area contributed by atoms with Crippen LogP contribution in [0.5, 0.6) is 0 Å². The van der Waals surface area contributed by atoms with Gasteiger partial charge in [0, 0.05) is 33.6 Å². The second-order valence-corrected chi connectivity index (χ2v) is 14.6. The lowest BCUT2D eigenvalue weighted by Gasteiger charge is -2.60. The second kappa shape index (κ2) is 9.02. The molecule has 2 spiro atoms. The first-order valence-electron chi connectivity index (χ1n) is 15.2. The summed E-state index contributed by atoms with van der Waals surface area (Å²) in [6.07, 6.45) is 3.19. The molecular formula is C32H41ClN2O6. The molecule has 41 heavy (non-hydrogen) atoms. The Morgan fingerprint density at radius 2 is 1.95 bits per heavy atom. The van der Waals surface area contributed by atoms with Crippen molar-refractivity contribution in [3.63, 3.8) is 0 Å². The lowest BCUT2D eigenvalue weighted by molar-refractivity contribution is -0.161. The highest BCUT2D eigenvalue weighted by Gasteiger charge is 2.79. The Kier molecular flexibility index (Phi) is 6.13. The average molecular weight is 585 g/mol. The van der Waals surface area contributed by atoms with Crippen LogP contribution in [0.25, 0.3) is 0 Å². The number of ether oxygens (including phenoxy) is 1. The molecule has 9 heteroatoms. The fourth-order valence-corrected chi connectivity index (χ4v) is 11.1. The summed E-state index contributed by atoms with van der Waals surface area (Å²) < 4.78 is 5.64. The van der Waals surface area contributed by atoms with Crippen molar-refractivity contribution in [3.05, 3.63) is 40.9 Å². The van der Waals surface area contributed by atoms with Crippen molar-refractivity contribution in [3.8, 4) is 0 Å². The van der Waals surface area contributed by atoms with Gasteiger partial charge in [0.15, 0.2) is 0 Å². The summed E-state index contributed by atoms with van der Waals surface area (Å²) in [5, 5.41) is 37.0. The number of carbonyl (C=O) groups is 2. The summed E-state index contributed by atoms with van der Waals surface area (Å²) in [6, 6.07) is 5.09. The molecule has 2 unspecified atom stereocenters. The quantitative estimate of drug-likeness (QED) is 0.316. The molecule has 4 heterocycles. The average Bonchev–Trinajstić information content (AvgIpc) is 3.66. The number of amides is 1. The van der Waals surface area contributed by atoms with Crippen LogP contribution in [0.4, 0.5) is 5.69 Å². The van der Waals surface area contributed by atoms with E-state index in [9.17, 15) is 24.9 Å². The summed E-state index contributed by atoms with van der Waals surface area (Å²) in [5.41, 5.74) is -0.913. The lowest BCUT2D eigenvalue weighted by atomic mass is 9.44. The largest absolute Gasteiger partial charge is 0.462 e. The van der Waals surface area contributed by atoms with Crippen molar-refractivity contribution in [1.29, 1.82) is 0 Å². The number of hydrogen-bond acceptors (Lipinski definition) is 7. The van der Waals surface area contributed by atoms with E-state index in [1.165, 1.54) is 0 Å². The van der Waals surface area contributed by atoms with Crippen LogP contribution in [-0.4, -0.2) is 70.1 Å². The third kappa shape index (κ3) is 3.21. The molecule has 4 aliphatic heterocycles. The first kappa shape index (κ1) is 27.8. The number of carbonyl (C=O) groups excluding carboxylic acids is 2. The van der Waals surface area contributed by atoms with Gasteiger partial charge < -0.3 is 25.4 Å². The molecule has 222 valence electrons. The fraction of sp³-hybridized carbons (Fsp3) is 0.688. The minimum atomic E-state index is -1.27. The van der Waals surface area contributed by atoms with Crippen molar-refractivity contribution >= 4 is 29.2 Å². The highest BCUT2D eigenvalue weighted by atomic mass is 35.5. The molecule has 4 N–H and O–H groups in total. The van der Waals surface area contributed by atoms with Gasteiger partial charge in [-0.3, -0.25) is 14.5 Å². The minimum Gasteiger partial charge on any atom is -0.462 e. The zero-order valence-electron chi connectivity index (χ0n) is 23.9. The lowest BCUT2D eigenvalue weighted by Crippen LogP contribution is -2.59. The van der Waals surface area contributed by atoms with E-state index in [1.54, 1.807) is 6.07 Å². The molecule has 6 aliphatic rings. The van der Waals surface area contributed by atoms with Gasteiger partial charge in [0.05, 0.1) is 12.7 Å². The van der Waals surface area contributed by atoms with E-state index in [1.807, 2.05) is 19.1 Å². The number of fused-ring (bicyclic) bond motifs is 6. The highest BCUT2D eigenvalue weighted by Crippen LogP contribution is 2.70. The molecule has 0 radical (unpaired) electrons. The molecule has 2 saturated carbocycles. The number of aliphatic hydroxyl groups excluding tert-OH is 3. The second-order valence-electron chi connectivity index (χ2n) is 14.1. The predicted molar refractivity (Wildman–Crippen MR) is 153 cm³/mol.